The van der Waals surface area contributed by atoms with Crippen LogP contribution in [0.5, 0.6) is 11.5 Å². The third kappa shape index (κ3) is 7.63. The van der Waals surface area contributed by atoms with Gasteiger partial charge in [0.15, 0.2) is 11.5 Å². The molecule has 28 heavy (non-hydrogen) atoms. The molecule has 2 aromatic rings. The van der Waals surface area contributed by atoms with E-state index in [9.17, 15) is 0 Å². The van der Waals surface area contributed by atoms with Crippen LogP contribution in [0.1, 0.15) is 37.3 Å². The summed E-state index contributed by atoms with van der Waals surface area (Å²) < 4.78 is 18.2. The molecule has 0 aliphatic carbocycles. The molecule has 2 rings (SSSR count). The van der Waals surface area contributed by atoms with Crippen molar-refractivity contribution in [3.8, 4) is 11.5 Å². The molecule has 4 nitrogen and oxygen atoms in total. The first-order chi connectivity index (χ1) is 13.7. The fourth-order valence-corrected chi connectivity index (χ4v) is 3.37. The van der Waals surface area contributed by atoms with E-state index in [0.29, 0.717) is 23.9 Å². The van der Waals surface area contributed by atoms with E-state index in [2.05, 4.69) is 28.2 Å². The fraction of sp³-hybridized carbons (Fsp3) is 0.455. The molecule has 154 valence electrons. The zero-order chi connectivity index (χ0) is 20.2. The predicted octanol–water partition coefficient (Wildman–Crippen LogP) is 5.99. The molecule has 0 aliphatic heterocycles. The molecular weight excluding hydrogens is 442 g/mol. The summed E-state index contributed by atoms with van der Waals surface area (Å²) in [5.74, 6) is 1.45. The van der Waals surface area contributed by atoms with Crippen LogP contribution in [0.2, 0.25) is 5.02 Å². The van der Waals surface area contributed by atoms with Crippen LogP contribution in [0.3, 0.4) is 0 Å². The Morgan fingerprint density at radius 3 is 2.68 bits per heavy atom. The number of hydrogen-bond donors (Lipinski definition) is 1. The SMILES string of the molecule is CCCCOCCCNCc1c(Br)ccc(OC)c1OCc1cccc(Cl)c1. The van der Waals surface area contributed by atoms with Gasteiger partial charge in [0.2, 0.25) is 0 Å². The van der Waals surface area contributed by atoms with Crippen LogP contribution in [-0.2, 0) is 17.9 Å². The molecule has 0 amide bonds. The Hall–Kier alpha value is -1.27. The standard InChI is InChI=1S/C22H29BrClNO3/c1-3-4-12-27-13-6-11-25-15-19-20(23)9-10-21(26-2)22(19)28-16-17-7-5-8-18(24)14-17/h5,7-10,14,25H,3-4,6,11-13,15-16H2,1-2H3. The van der Waals surface area contributed by atoms with Crippen molar-refractivity contribution >= 4 is 27.5 Å². The lowest BCUT2D eigenvalue weighted by Crippen LogP contribution is -2.18. The van der Waals surface area contributed by atoms with E-state index in [1.54, 1.807) is 7.11 Å². The molecule has 0 aliphatic rings. The molecule has 2 aromatic carbocycles. The van der Waals surface area contributed by atoms with Gasteiger partial charge in [-0.2, -0.15) is 0 Å². The molecule has 0 spiro atoms. The van der Waals surface area contributed by atoms with E-state index in [-0.39, 0.29) is 0 Å². The Morgan fingerprint density at radius 1 is 1.11 bits per heavy atom. The normalized spacial score (nSPS) is 10.9. The third-order valence-corrected chi connectivity index (χ3v) is 5.22. The number of benzene rings is 2. The summed E-state index contributed by atoms with van der Waals surface area (Å²) in [6.45, 7) is 5.78. The summed E-state index contributed by atoms with van der Waals surface area (Å²) in [6, 6.07) is 11.6. The largest absolute Gasteiger partial charge is 0.493 e. The Balaban J connectivity index is 1.94. The van der Waals surface area contributed by atoms with E-state index in [0.717, 1.165) is 53.9 Å². The van der Waals surface area contributed by atoms with Gasteiger partial charge in [-0.05, 0) is 49.2 Å². The molecule has 0 fully saturated rings. The van der Waals surface area contributed by atoms with Gasteiger partial charge in [-0.15, -0.1) is 0 Å². The summed E-state index contributed by atoms with van der Waals surface area (Å²) in [6.07, 6.45) is 3.27. The van der Waals surface area contributed by atoms with Crippen molar-refractivity contribution in [3.63, 3.8) is 0 Å². The van der Waals surface area contributed by atoms with Crippen molar-refractivity contribution < 1.29 is 14.2 Å². The second-order valence-corrected chi connectivity index (χ2v) is 7.76. The highest BCUT2D eigenvalue weighted by atomic mass is 79.9. The molecule has 1 N–H and O–H groups in total. The van der Waals surface area contributed by atoms with E-state index < -0.39 is 0 Å². The first kappa shape index (κ1) is 23.0. The van der Waals surface area contributed by atoms with Crippen molar-refractivity contribution in [2.75, 3.05) is 26.9 Å². The van der Waals surface area contributed by atoms with Gasteiger partial charge in [0.1, 0.15) is 6.61 Å². The van der Waals surface area contributed by atoms with E-state index in [1.165, 1.54) is 6.42 Å². The first-order valence-corrected chi connectivity index (χ1v) is 10.8. The van der Waals surface area contributed by atoms with Gasteiger partial charge in [-0.25, -0.2) is 0 Å². The van der Waals surface area contributed by atoms with Crippen LogP contribution in [0.4, 0.5) is 0 Å². The summed E-state index contributed by atoms with van der Waals surface area (Å²) >= 11 is 9.71. The molecule has 6 heteroatoms. The number of unbranched alkanes of at least 4 members (excludes halogenated alkanes) is 1. The second kappa shape index (κ2) is 13.0. The van der Waals surface area contributed by atoms with E-state index >= 15 is 0 Å². The van der Waals surface area contributed by atoms with Gasteiger partial charge in [0.25, 0.3) is 0 Å². The minimum atomic E-state index is 0.422. The van der Waals surface area contributed by atoms with Gasteiger partial charge < -0.3 is 19.5 Å². The lowest BCUT2D eigenvalue weighted by Gasteiger charge is -2.17. The highest BCUT2D eigenvalue weighted by Gasteiger charge is 2.14. The molecule has 0 aromatic heterocycles. The predicted molar refractivity (Wildman–Crippen MR) is 119 cm³/mol. The average molecular weight is 471 g/mol. The fourth-order valence-electron chi connectivity index (χ4n) is 2.71. The summed E-state index contributed by atoms with van der Waals surface area (Å²) in [5, 5.41) is 4.17. The molecule has 0 atom stereocenters. The van der Waals surface area contributed by atoms with Gasteiger partial charge >= 0.3 is 0 Å². The van der Waals surface area contributed by atoms with E-state index in [1.807, 2.05) is 36.4 Å². The summed E-state index contributed by atoms with van der Waals surface area (Å²) in [5.41, 5.74) is 2.05. The van der Waals surface area contributed by atoms with Gasteiger partial charge in [0.05, 0.1) is 7.11 Å². The number of rotatable bonds is 13. The summed E-state index contributed by atoms with van der Waals surface area (Å²) in [4.78, 5) is 0. The van der Waals surface area contributed by atoms with E-state index in [4.69, 9.17) is 25.8 Å². The number of methoxy groups -OCH3 is 1. The Morgan fingerprint density at radius 2 is 1.93 bits per heavy atom. The Kier molecular flexibility index (Phi) is 10.7. The van der Waals surface area contributed by atoms with Crippen molar-refractivity contribution in [1.29, 1.82) is 0 Å². The van der Waals surface area contributed by atoms with Crippen molar-refractivity contribution in [3.05, 3.63) is 57.0 Å². The maximum atomic E-state index is 6.13. The molecular formula is C22H29BrClNO3. The Bertz CT molecular complexity index is 727. The highest BCUT2D eigenvalue weighted by molar-refractivity contribution is 9.10. The first-order valence-electron chi connectivity index (χ1n) is 9.66. The third-order valence-electron chi connectivity index (χ3n) is 4.25. The zero-order valence-electron chi connectivity index (χ0n) is 16.6. The number of nitrogens with one attached hydrogen (secondary N) is 1. The molecule has 0 bridgehead atoms. The van der Waals surface area contributed by atoms with Crippen LogP contribution >= 0.6 is 27.5 Å². The van der Waals surface area contributed by atoms with Gasteiger partial charge in [-0.3, -0.25) is 0 Å². The molecule has 0 saturated carbocycles. The lowest BCUT2D eigenvalue weighted by molar-refractivity contribution is 0.128. The smallest absolute Gasteiger partial charge is 0.167 e. The minimum Gasteiger partial charge on any atom is -0.493 e. The zero-order valence-corrected chi connectivity index (χ0v) is 18.9. The van der Waals surface area contributed by atoms with Crippen LogP contribution < -0.4 is 14.8 Å². The topological polar surface area (TPSA) is 39.7 Å². The maximum Gasteiger partial charge on any atom is 0.167 e. The van der Waals surface area contributed by atoms with Crippen LogP contribution in [-0.4, -0.2) is 26.9 Å². The quantitative estimate of drug-likeness (QED) is 0.365. The summed E-state index contributed by atoms with van der Waals surface area (Å²) in [7, 11) is 1.65. The van der Waals surface area contributed by atoms with Gasteiger partial charge in [0, 0.05) is 34.8 Å². The molecule has 0 radical (unpaired) electrons. The monoisotopic (exact) mass is 469 g/mol. The van der Waals surface area contributed by atoms with Crippen LogP contribution in [0.25, 0.3) is 0 Å². The van der Waals surface area contributed by atoms with Crippen molar-refractivity contribution in [1.82, 2.24) is 5.32 Å². The second-order valence-electron chi connectivity index (χ2n) is 6.47. The van der Waals surface area contributed by atoms with Crippen molar-refractivity contribution in [2.45, 2.75) is 39.3 Å². The number of ether oxygens (including phenoxy) is 3. The van der Waals surface area contributed by atoms with Gasteiger partial charge in [-0.1, -0.05) is 53.0 Å². The van der Waals surface area contributed by atoms with Crippen LogP contribution in [0.15, 0.2) is 40.9 Å². The number of halogens is 2. The minimum absolute atomic E-state index is 0.422. The molecule has 0 saturated heterocycles. The lowest BCUT2D eigenvalue weighted by atomic mass is 10.1. The maximum absolute atomic E-state index is 6.13. The molecule has 0 heterocycles. The Labute approximate surface area is 181 Å². The number of hydrogen-bond acceptors (Lipinski definition) is 4. The van der Waals surface area contributed by atoms with Crippen LogP contribution in [0, 0.1) is 0 Å². The van der Waals surface area contributed by atoms with Crippen molar-refractivity contribution in [2.24, 2.45) is 0 Å². The molecule has 0 unspecified atom stereocenters. The highest BCUT2D eigenvalue weighted by Crippen LogP contribution is 2.36. The average Bonchev–Trinajstić information content (AvgIpc) is 2.69.